The fraction of sp³-hybridized carbons (Fsp3) is 0.133. The first-order valence-corrected chi connectivity index (χ1v) is 6.23. The van der Waals surface area contributed by atoms with Crippen molar-refractivity contribution in [1.29, 1.82) is 0 Å². The summed E-state index contributed by atoms with van der Waals surface area (Å²) in [5.41, 5.74) is 2.42. The highest BCUT2D eigenvalue weighted by molar-refractivity contribution is 6.33. The minimum atomic E-state index is -0.458. The van der Waals surface area contributed by atoms with Gasteiger partial charge in [-0.3, -0.25) is 4.79 Å². The van der Waals surface area contributed by atoms with Crippen molar-refractivity contribution in [2.24, 2.45) is 0 Å². The molecule has 19 heavy (non-hydrogen) atoms. The summed E-state index contributed by atoms with van der Waals surface area (Å²) in [5, 5.41) is 2.88. The van der Waals surface area contributed by atoms with E-state index in [2.05, 4.69) is 5.32 Å². The highest BCUT2D eigenvalue weighted by atomic mass is 35.5. The molecule has 0 aliphatic heterocycles. The van der Waals surface area contributed by atoms with E-state index >= 15 is 0 Å². The molecule has 0 fully saturated rings. The molecular formula is C15H13ClFNO. The summed E-state index contributed by atoms with van der Waals surface area (Å²) in [4.78, 5) is 11.9. The van der Waals surface area contributed by atoms with Crippen LogP contribution >= 0.6 is 11.6 Å². The minimum absolute atomic E-state index is 0.113. The standard InChI is InChI=1S/C15H13ClFNO/c1-10-4-2-3-5-11(10)9-18-15(19)13-7-6-12(17)8-14(13)16/h2-8H,9H2,1H3,(H,18,19). The third kappa shape index (κ3) is 3.32. The largest absolute Gasteiger partial charge is 0.348 e. The molecule has 2 rings (SSSR count). The van der Waals surface area contributed by atoms with Gasteiger partial charge in [0.2, 0.25) is 0 Å². The zero-order chi connectivity index (χ0) is 13.8. The lowest BCUT2D eigenvalue weighted by Gasteiger charge is -2.08. The molecule has 0 unspecified atom stereocenters. The number of amides is 1. The van der Waals surface area contributed by atoms with E-state index in [1.807, 2.05) is 31.2 Å². The topological polar surface area (TPSA) is 29.1 Å². The van der Waals surface area contributed by atoms with E-state index in [0.717, 1.165) is 17.2 Å². The number of carbonyl (C=O) groups is 1. The average Bonchev–Trinajstić information content (AvgIpc) is 2.37. The van der Waals surface area contributed by atoms with Gasteiger partial charge in [0, 0.05) is 6.54 Å². The van der Waals surface area contributed by atoms with Crippen molar-refractivity contribution in [2.45, 2.75) is 13.5 Å². The Morgan fingerprint density at radius 2 is 2.00 bits per heavy atom. The molecule has 2 aromatic rings. The number of carbonyl (C=O) groups excluding carboxylic acids is 1. The Balaban J connectivity index is 2.08. The van der Waals surface area contributed by atoms with Gasteiger partial charge in [-0.2, -0.15) is 0 Å². The van der Waals surface area contributed by atoms with Gasteiger partial charge in [-0.25, -0.2) is 4.39 Å². The van der Waals surface area contributed by atoms with Crippen LogP contribution in [-0.2, 0) is 6.54 Å². The number of rotatable bonds is 3. The molecule has 0 saturated carbocycles. The first-order chi connectivity index (χ1) is 9.08. The first kappa shape index (κ1) is 13.6. The average molecular weight is 278 g/mol. The van der Waals surface area contributed by atoms with Crippen LogP contribution in [0.4, 0.5) is 4.39 Å². The van der Waals surface area contributed by atoms with Gasteiger partial charge in [-0.1, -0.05) is 35.9 Å². The van der Waals surface area contributed by atoms with Crippen LogP contribution in [0.3, 0.4) is 0 Å². The molecule has 0 atom stereocenters. The number of nitrogens with one attached hydrogen (secondary N) is 1. The van der Waals surface area contributed by atoms with E-state index in [1.54, 1.807) is 0 Å². The van der Waals surface area contributed by atoms with Crippen molar-refractivity contribution in [3.05, 3.63) is 70.0 Å². The van der Waals surface area contributed by atoms with Gasteiger partial charge < -0.3 is 5.32 Å². The van der Waals surface area contributed by atoms with Crippen molar-refractivity contribution in [3.63, 3.8) is 0 Å². The van der Waals surface area contributed by atoms with Crippen LogP contribution in [0, 0.1) is 12.7 Å². The van der Waals surface area contributed by atoms with Gasteiger partial charge in [-0.15, -0.1) is 0 Å². The molecule has 0 aliphatic rings. The van der Waals surface area contributed by atoms with E-state index in [1.165, 1.54) is 12.1 Å². The van der Waals surface area contributed by atoms with Gasteiger partial charge in [0.1, 0.15) is 5.82 Å². The summed E-state index contributed by atoms with van der Waals surface area (Å²) < 4.78 is 12.9. The summed E-state index contributed by atoms with van der Waals surface area (Å²) >= 11 is 5.84. The van der Waals surface area contributed by atoms with E-state index in [0.29, 0.717) is 6.54 Å². The highest BCUT2D eigenvalue weighted by Crippen LogP contribution is 2.17. The number of aryl methyl sites for hydroxylation is 1. The van der Waals surface area contributed by atoms with Crippen LogP contribution < -0.4 is 5.32 Å². The van der Waals surface area contributed by atoms with Crippen LogP contribution in [0.15, 0.2) is 42.5 Å². The maximum Gasteiger partial charge on any atom is 0.253 e. The molecule has 0 spiro atoms. The van der Waals surface area contributed by atoms with Crippen LogP contribution in [0.2, 0.25) is 5.02 Å². The van der Waals surface area contributed by atoms with Gasteiger partial charge >= 0.3 is 0 Å². The lowest BCUT2D eigenvalue weighted by atomic mass is 10.1. The Bertz CT molecular complexity index is 613. The van der Waals surface area contributed by atoms with Gasteiger partial charge in [0.05, 0.1) is 10.6 Å². The number of hydrogen-bond acceptors (Lipinski definition) is 1. The monoisotopic (exact) mass is 277 g/mol. The van der Waals surface area contributed by atoms with Crippen LogP contribution in [0.5, 0.6) is 0 Å². The van der Waals surface area contributed by atoms with E-state index in [9.17, 15) is 9.18 Å². The molecule has 1 N–H and O–H groups in total. The quantitative estimate of drug-likeness (QED) is 0.910. The van der Waals surface area contributed by atoms with Crippen LogP contribution in [-0.4, -0.2) is 5.91 Å². The molecule has 98 valence electrons. The molecule has 0 bridgehead atoms. The van der Waals surface area contributed by atoms with E-state index in [4.69, 9.17) is 11.6 Å². The SMILES string of the molecule is Cc1ccccc1CNC(=O)c1ccc(F)cc1Cl. The molecule has 2 nitrogen and oxygen atoms in total. The Morgan fingerprint density at radius 3 is 2.68 bits per heavy atom. The summed E-state index contributed by atoms with van der Waals surface area (Å²) in [7, 11) is 0. The second kappa shape index (κ2) is 5.85. The van der Waals surface area contributed by atoms with Crippen molar-refractivity contribution in [2.75, 3.05) is 0 Å². The lowest BCUT2D eigenvalue weighted by Crippen LogP contribution is -2.23. The highest BCUT2D eigenvalue weighted by Gasteiger charge is 2.10. The molecule has 1 amide bonds. The Morgan fingerprint density at radius 1 is 1.26 bits per heavy atom. The van der Waals surface area contributed by atoms with Crippen molar-refractivity contribution in [3.8, 4) is 0 Å². The molecule has 0 saturated heterocycles. The van der Waals surface area contributed by atoms with Crippen molar-refractivity contribution in [1.82, 2.24) is 5.32 Å². The molecule has 0 aliphatic carbocycles. The maximum atomic E-state index is 12.9. The third-order valence-corrected chi connectivity index (χ3v) is 3.19. The van der Waals surface area contributed by atoms with Crippen LogP contribution in [0.1, 0.15) is 21.5 Å². The second-order valence-electron chi connectivity index (χ2n) is 4.23. The van der Waals surface area contributed by atoms with Crippen LogP contribution in [0.25, 0.3) is 0 Å². The van der Waals surface area contributed by atoms with E-state index < -0.39 is 5.82 Å². The first-order valence-electron chi connectivity index (χ1n) is 5.85. The van der Waals surface area contributed by atoms with Crippen molar-refractivity contribution >= 4 is 17.5 Å². The summed E-state index contributed by atoms with van der Waals surface area (Å²) in [6.45, 7) is 2.39. The normalized spacial score (nSPS) is 10.3. The number of hydrogen-bond donors (Lipinski definition) is 1. The van der Waals surface area contributed by atoms with E-state index in [-0.39, 0.29) is 16.5 Å². The smallest absolute Gasteiger partial charge is 0.253 e. The number of benzene rings is 2. The summed E-state index contributed by atoms with van der Waals surface area (Å²) in [5.74, 6) is -0.770. The zero-order valence-corrected chi connectivity index (χ0v) is 11.2. The van der Waals surface area contributed by atoms with Gasteiger partial charge in [0.15, 0.2) is 0 Å². The van der Waals surface area contributed by atoms with Crippen molar-refractivity contribution < 1.29 is 9.18 Å². The summed E-state index contributed by atoms with van der Waals surface area (Å²) in [6.07, 6.45) is 0. The maximum absolute atomic E-state index is 12.9. The molecule has 4 heteroatoms. The Hall–Kier alpha value is -1.87. The number of halogens is 2. The molecule has 0 aromatic heterocycles. The Kier molecular flexibility index (Phi) is 4.17. The summed E-state index contributed by atoms with van der Waals surface area (Å²) in [6, 6.07) is 11.5. The third-order valence-electron chi connectivity index (χ3n) is 2.88. The predicted molar refractivity (Wildman–Crippen MR) is 73.8 cm³/mol. The Labute approximate surface area is 116 Å². The second-order valence-corrected chi connectivity index (χ2v) is 4.64. The zero-order valence-electron chi connectivity index (χ0n) is 10.4. The predicted octanol–water partition coefficient (Wildman–Crippen LogP) is 3.72. The molecule has 0 radical (unpaired) electrons. The molecule has 0 heterocycles. The lowest BCUT2D eigenvalue weighted by molar-refractivity contribution is 0.0951. The van der Waals surface area contributed by atoms with Gasteiger partial charge in [0.25, 0.3) is 5.91 Å². The molecule has 2 aromatic carbocycles. The minimum Gasteiger partial charge on any atom is -0.348 e. The van der Waals surface area contributed by atoms with Gasteiger partial charge in [-0.05, 0) is 36.2 Å². The fourth-order valence-electron chi connectivity index (χ4n) is 1.75. The molecular weight excluding hydrogens is 265 g/mol. The fourth-order valence-corrected chi connectivity index (χ4v) is 2.01.